The second-order valence-electron chi connectivity index (χ2n) is 12.7. The molecular formula is C37H76N2OS. The van der Waals surface area contributed by atoms with Gasteiger partial charge < -0.3 is 9.64 Å². The Balaban J connectivity index is 3.62. The van der Waals surface area contributed by atoms with Gasteiger partial charge in [0.25, 0.3) is 0 Å². The Labute approximate surface area is 265 Å². The largest absolute Gasteiger partial charge is 0.499 e. The predicted octanol–water partition coefficient (Wildman–Crippen LogP) is 12.2. The van der Waals surface area contributed by atoms with E-state index in [0.717, 1.165) is 25.3 Å². The van der Waals surface area contributed by atoms with E-state index in [2.05, 4.69) is 42.9 Å². The number of nitrogens with one attached hydrogen (secondary N) is 1. The topological polar surface area (TPSA) is 24.5 Å². The predicted molar refractivity (Wildman–Crippen MR) is 189 cm³/mol. The van der Waals surface area contributed by atoms with E-state index in [1.165, 1.54) is 193 Å². The summed E-state index contributed by atoms with van der Waals surface area (Å²) >= 11 is 4.18. The zero-order chi connectivity index (χ0) is 29.9. The average molecular weight is 597 g/mol. The summed E-state index contributed by atoms with van der Waals surface area (Å²) in [5, 5.41) is 0. The SMILES string of the molecule is C=C(CCCCCCCN(CCCCCCCCCCCCCCCCCC)CCCNS)OCCCCCCC. The Morgan fingerprint density at radius 3 is 1.32 bits per heavy atom. The monoisotopic (exact) mass is 597 g/mol. The van der Waals surface area contributed by atoms with Crippen molar-refractivity contribution in [1.29, 1.82) is 0 Å². The average Bonchev–Trinajstić information content (AvgIpc) is 2.97. The van der Waals surface area contributed by atoms with Gasteiger partial charge in [0, 0.05) is 13.0 Å². The molecule has 0 aliphatic heterocycles. The highest BCUT2D eigenvalue weighted by molar-refractivity contribution is 7.78. The summed E-state index contributed by atoms with van der Waals surface area (Å²) in [6.07, 6.45) is 38.3. The molecule has 0 saturated carbocycles. The molecule has 0 amide bonds. The number of thiol groups is 1. The number of hydrogen-bond donors (Lipinski definition) is 2. The summed E-state index contributed by atoms with van der Waals surface area (Å²) in [5.41, 5.74) is 0. The molecule has 0 rings (SSSR count). The van der Waals surface area contributed by atoms with Crippen LogP contribution in [0.15, 0.2) is 12.3 Å². The van der Waals surface area contributed by atoms with Crippen molar-refractivity contribution in [2.45, 2.75) is 194 Å². The van der Waals surface area contributed by atoms with Crippen LogP contribution in [-0.2, 0) is 4.74 Å². The minimum absolute atomic E-state index is 0.862. The molecule has 0 aromatic rings. The zero-order valence-electron chi connectivity index (χ0n) is 28.3. The maximum Gasteiger partial charge on any atom is 0.0888 e. The molecule has 0 saturated heterocycles. The second kappa shape index (κ2) is 36.0. The van der Waals surface area contributed by atoms with E-state index in [9.17, 15) is 0 Å². The normalized spacial score (nSPS) is 11.5. The molecule has 0 aliphatic carbocycles. The van der Waals surface area contributed by atoms with Crippen LogP contribution in [-0.4, -0.2) is 37.7 Å². The van der Waals surface area contributed by atoms with Gasteiger partial charge in [-0.3, -0.25) is 4.72 Å². The van der Waals surface area contributed by atoms with E-state index in [4.69, 9.17) is 4.74 Å². The highest BCUT2D eigenvalue weighted by Gasteiger charge is 2.05. The number of ether oxygens (including phenoxy) is 1. The fourth-order valence-electron chi connectivity index (χ4n) is 5.78. The van der Waals surface area contributed by atoms with Crippen LogP contribution in [0.4, 0.5) is 0 Å². The fraction of sp³-hybridized carbons (Fsp3) is 0.946. The third-order valence-electron chi connectivity index (χ3n) is 8.57. The van der Waals surface area contributed by atoms with Gasteiger partial charge in [-0.2, -0.15) is 0 Å². The van der Waals surface area contributed by atoms with Gasteiger partial charge in [-0.1, -0.05) is 174 Å². The molecule has 0 heterocycles. The minimum Gasteiger partial charge on any atom is -0.499 e. The van der Waals surface area contributed by atoms with Crippen molar-refractivity contribution in [2.75, 3.05) is 32.8 Å². The lowest BCUT2D eigenvalue weighted by molar-refractivity contribution is 0.195. The van der Waals surface area contributed by atoms with E-state index in [0.29, 0.717) is 0 Å². The molecule has 4 heteroatoms. The Morgan fingerprint density at radius 2 is 0.878 bits per heavy atom. The van der Waals surface area contributed by atoms with Crippen molar-refractivity contribution >= 4 is 12.8 Å². The molecule has 1 N–H and O–H groups in total. The lowest BCUT2D eigenvalue weighted by Gasteiger charge is -2.22. The van der Waals surface area contributed by atoms with E-state index in [1.54, 1.807) is 0 Å². The summed E-state index contributed by atoms with van der Waals surface area (Å²) in [5.74, 6) is 1.00. The fourth-order valence-corrected chi connectivity index (χ4v) is 5.94. The molecule has 0 aromatic heterocycles. The highest BCUT2D eigenvalue weighted by Crippen LogP contribution is 2.15. The number of rotatable bonds is 36. The Kier molecular flexibility index (Phi) is 35.8. The molecule has 3 nitrogen and oxygen atoms in total. The maximum atomic E-state index is 5.82. The molecule has 0 bridgehead atoms. The van der Waals surface area contributed by atoms with Crippen molar-refractivity contribution in [3.05, 3.63) is 12.3 Å². The second-order valence-corrected chi connectivity index (χ2v) is 13.0. The molecule has 0 fully saturated rings. The third-order valence-corrected chi connectivity index (χ3v) is 8.80. The molecule has 41 heavy (non-hydrogen) atoms. The first-order valence-electron chi connectivity index (χ1n) is 18.6. The van der Waals surface area contributed by atoms with Crippen molar-refractivity contribution in [2.24, 2.45) is 0 Å². The molecule has 0 radical (unpaired) electrons. The van der Waals surface area contributed by atoms with E-state index >= 15 is 0 Å². The third kappa shape index (κ3) is 34.2. The lowest BCUT2D eigenvalue weighted by Crippen LogP contribution is -2.28. The first-order chi connectivity index (χ1) is 20.2. The molecule has 0 spiro atoms. The first-order valence-corrected chi connectivity index (χ1v) is 19.1. The Hall–Kier alpha value is -0.190. The van der Waals surface area contributed by atoms with Crippen LogP contribution in [0.25, 0.3) is 0 Å². The molecule has 0 aliphatic rings. The van der Waals surface area contributed by atoms with Gasteiger partial charge >= 0.3 is 0 Å². The maximum absolute atomic E-state index is 5.82. The minimum atomic E-state index is 0.862. The lowest BCUT2D eigenvalue weighted by atomic mass is 10.0. The van der Waals surface area contributed by atoms with Gasteiger partial charge in [0.05, 0.1) is 12.4 Å². The van der Waals surface area contributed by atoms with Gasteiger partial charge in [-0.15, -0.1) is 0 Å². The zero-order valence-corrected chi connectivity index (χ0v) is 29.2. The number of unbranched alkanes of at least 4 members (excludes halogenated alkanes) is 23. The van der Waals surface area contributed by atoms with Crippen LogP contribution in [0.1, 0.15) is 194 Å². The summed E-state index contributed by atoms with van der Waals surface area (Å²) in [6, 6.07) is 0. The van der Waals surface area contributed by atoms with E-state index < -0.39 is 0 Å². The van der Waals surface area contributed by atoms with Crippen molar-refractivity contribution in [1.82, 2.24) is 9.62 Å². The Bertz CT molecular complexity index is 501. The van der Waals surface area contributed by atoms with Crippen LogP contribution in [0.5, 0.6) is 0 Å². The number of allylic oxidation sites excluding steroid dienone is 1. The van der Waals surface area contributed by atoms with Crippen molar-refractivity contribution in [3.63, 3.8) is 0 Å². The van der Waals surface area contributed by atoms with E-state index in [1.807, 2.05) is 0 Å². The van der Waals surface area contributed by atoms with Gasteiger partial charge in [0.2, 0.25) is 0 Å². The van der Waals surface area contributed by atoms with Gasteiger partial charge in [0.15, 0.2) is 0 Å². The van der Waals surface area contributed by atoms with Crippen LogP contribution in [0.2, 0.25) is 0 Å². The smallest absolute Gasteiger partial charge is 0.0888 e. The van der Waals surface area contributed by atoms with Crippen molar-refractivity contribution < 1.29 is 4.74 Å². The first kappa shape index (κ1) is 40.8. The molecule has 0 atom stereocenters. The van der Waals surface area contributed by atoms with Crippen LogP contribution in [0.3, 0.4) is 0 Å². The van der Waals surface area contributed by atoms with Crippen LogP contribution >= 0.6 is 12.8 Å². The standard InChI is InChI=1S/C37H76N2OS/c1-4-6-8-10-11-12-13-14-15-16-17-18-19-20-23-27-33-39(35-30-32-38-41)34-28-24-21-22-26-31-37(3)40-36-29-25-9-7-5-2/h38,41H,3-36H2,1-2H3. The summed E-state index contributed by atoms with van der Waals surface area (Å²) in [6.45, 7) is 14.3. The van der Waals surface area contributed by atoms with Gasteiger partial charge in [0.1, 0.15) is 0 Å². The molecule has 0 unspecified atom stereocenters. The van der Waals surface area contributed by atoms with Crippen molar-refractivity contribution in [3.8, 4) is 0 Å². The number of nitrogens with zero attached hydrogens (tertiary/aromatic N) is 1. The summed E-state index contributed by atoms with van der Waals surface area (Å²) < 4.78 is 8.84. The van der Waals surface area contributed by atoms with E-state index in [-0.39, 0.29) is 0 Å². The Morgan fingerprint density at radius 1 is 0.512 bits per heavy atom. The molecule has 0 aromatic carbocycles. The number of hydrogen-bond acceptors (Lipinski definition) is 4. The molecule has 246 valence electrons. The molecular weight excluding hydrogens is 520 g/mol. The summed E-state index contributed by atoms with van der Waals surface area (Å²) in [7, 11) is 0. The van der Waals surface area contributed by atoms with Gasteiger partial charge in [-0.05, 0) is 51.7 Å². The quantitative estimate of drug-likeness (QED) is 0.0427. The van der Waals surface area contributed by atoms with Crippen LogP contribution in [0, 0.1) is 0 Å². The highest BCUT2D eigenvalue weighted by atomic mass is 32.1. The van der Waals surface area contributed by atoms with Crippen LogP contribution < -0.4 is 4.72 Å². The summed E-state index contributed by atoms with van der Waals surface area (Å²) in [4.78, 5) is 2.71. The van der Waals surface area contributed by atoms with Gasteiger partial charge in [-0.25, -0.2) is 0 Å².